The molecule has 0 aliphatic carbocycles. The number of nitrogens with zero attached hydrogens (tertiary/aromatic N) is 8. The number of phosphoric acid groups is 4. The average molecular weight is 1570 g/mol. The van der Waals surface area contributed by atoms with Gasteiger partial charge >= 0.3 is 48.4 Å². The Morgan fingerprint density at radius 2 is 0.873 bits per heavy atom. The van der Waals surface area contributed by atoms with Crippen molar-refractivity contribution >= 4 is 68.8 Å². The minimum atomic E-state index is -4.80. The van der Waals surface area contributed by atoms with Gasteiger partial charge in [0.15, 0.2) is 33.2 Å². The fourth-order valence-electron chi connectivity index (χ4n) is 9.20. The van der Waals surface area contributed by atoms with Gasteiger partial charge in [0.1, 0.15) is 102 Å². The van der Waals surface area contributed by atoms with Crippen molar-refractivity contribution in [2.75, 3.05) is 43.6 Å². The zero-order valence-corrected chi connectivity index (χ0v) is 59.3. The molecule has 45 nitrogen and oxygen atoms in total. The fourth-order valence-corrected chi connectivity index (χ4v) is 11.5. The molecule has 582 valence electrons. The lowest BCUT2D eigenvalue weighted by Crippen LogP contribution is -2.43. The Labute approximate surface area is 582 Å². The lowest BCUT2D eigenvalue weighted by atomic mass is 10.1. The van der Waals surface area contributed by atoms with E-state index >= 15 is 0 Å². The van der Waals surface area contributed by atoms with Crippen LogP contribution in [0.1, 0.15) is 91.3 Å². The molecule has 1 amide bonds. The standard InChI is InChI=1S/C16H30N3O9PSi.C14H22N3O8P.2C10H16N3O8P.2CH4/c1-16(2,3)30(4,5)27-7-9-6-19(15(22)18-13(9)17)14-12(21)11(20)10(28-14)8-26-29(23,24)25;1-4-9-5-17(7(2)15-13(9)16-8(3)18)14-12(20)11(19)10(25-14)6-24-26(21,22)23;2*1-4-2-13(10(16)12-8(4)11)9-7(15)6(14)5(21-9)3-20-22(17,18)19;;/h6,10-12,14,20-21H,7-8H2,1-5H3,(H2,17,18,22)(H2,23,24,25);5,10-12,14,19-20H,2,4,6H2,1,3H3,(H,15,16,18)(H2,21,22,23);2*2,5-7,9,14-15H,3H2,1H3,(H2,11,12,16)(H2,17,18,19);2*1H4/t2*10-,11-,12-,14-;2*5-,6-,7-,9-;;/m1111../s1. The number of carbonyl (C=O) groups excluding carboxylic acids is 1. The number of nitrogens with two attached hydrogens (primary N) is 3. The molecular formula is C52H92N12O33P4Si. The van der Waals surface area contributed by atoms with E-state index in [0.29, 0.717) is 34.5 Å². The fraction of sp³-hybridized carbons (Fsp3) is 0.654. The van der Waals surface area contributed by atoms with Crippen molar-refractivity contribution in [3.05, 3.63) is 90.9 Å². The molecule has 5 aliphatic heterocycles. The van der Waals surface area contributed by atoms with E-state index in [2.05, 4.69) is 83.8 Å². The van der Waals surface area contributed by atoms with Crippen molar-refractivity contribution in [2.24, 2.45) is 4.99 Å². The molecule has 16 atom stereocenters. The van der Waals surface area contributed by atoms with Crippen LogP contribution in [0.2, 0.25) is 18.1 Å². The zero-order chi connectivity index (χ0) is 76.0. The molecule has 0 saturated carbocycles. The largest absolute Gasteiger partial charge is 0.469 e. The van der Waals surface area contributed by atoms with Crippen LogP contribution in [0.3, 0.4) is 0 Å². The van der Waals surface area contributed by atoms with Crippen LogP contribution in [-0.2, 0) is 71.1 Å². The number of aliphatic hydroxyl groups is 8. The summed E-state index contributed by atoms with van der Waals surface area (Å²) in [6.45, 7) is 17.9. The number of hydrogen-bond acceptors (Lipinski definition) is 33. The van der Waals surface area contributed by atoms with E-state index in [4.69, 9.17) is 79.7 Å². The molecular weight excluding hydrogens is 1470 g/mol. The van der Waals surface area contributed by atoms with Crippen LogP contribution in [-0.4, -0.2) is 240 Å². The van der Waals surface area contributed by atoms with Gasteiger partial charge < -0.3 is 131 Å². The number of aryl methyl sites for hydroxylation is 2. The minimum Gasteiger partial charge on any atom is -0.412 e. The lowest BCUT2D eigenvalue weighted by Gasteiger charge is -2.36. The van der Waals surface area contributed by atoms with Crippen molar-refractivity contribution in [3.63, 3.8) is 0 Å². The molecule has 0 bridgehead atoms. The van der Waals surface area contributed by atoms with Gasteiger partial charge in [-0.3, -0.25) is 36.6 Å². The highest BCUT2D eigenvalue weighted by Gasteiger charge is 2.50. The smallest absolute Gasteiger partial charge is 0.412 e. The first kappa shape index (κ1) is 90.8. The number of hydrogen-bond donors (Lipinski definition) is 20. The summed E-state index contributed by atoms with van der Waals surface area (Å²) in [5.74, 6) is 0.205. The number of anilines is 3. The third kappa shape index (κ3) is 24.6. The first-order chi connectivity index (χ1) is 45.8. The number of phosphoric ester groups is 4. The van der Waals surface area contributed by atoms with Crippen molar-refractivity contribution in [1.29, 1.82) is 0 Å². The van der Waals surface area contributed by atoms with Gasteiger partial charge in [0.05, 0.1) is 33.0 Å². The highest BCUT2D eigenvalue weighted by atomic mass is 31.2. The van der Waals surface area contributed by atoms with E-state index < -0.39 is 181 Å². The average Bonchev–Trinajstić information content (AvgIpc) is 1.30. The SMILES string of the molecule is C.C.C=C1N=C(NC(C)=O)C(CC)=CN1[C@@H]1O[C@H](COP(=O)(O)O)[C@@H](O)[C@H]1O.CC(C)(C)[Si](C)(C)OCc1cn([C@@H]2O[C@H](COP(=O)(O)O)[C@@H](O)[C@H]2O)c(=O)nc1N.Cc1cn([C@@H]2O[C@H](COP(=O)(O)O)[C@@H](O)[C@H]2O)c(=O)nc1N.Cc1cn([C@@H]2O[C@H](COP(=O)(O)O)[C@@H](O)[C@H]2O)c(=O)nc1N. The second-order valence-corrected chi connectivity index (χ2v) is 34.0. The van der Waals surface area contributed by atoms with Crippen LogP contribution < -0.4 is 39.6 Å². The second-order valence-electron chi connectivity index (χ2n) is 24.2. The highest BCUT2D eigenvalue weighted by Crippen LogP contribution is 2.43. The Morgan fingerprint density at radius 1 is 0.569 bits per heavy atom. The van der Waals surface area contributed by atoms with Crippen molar-refractivity contribution < 1.29 is 145 Å². The molecule has 3 aromatic rings. The van der Waals surface area contributed by atoms with E-state index in [0.717, 1.165) is 13.7 Å². The molecule has 0 spiro atoms. The monoisotopic (exact) mass is 1560 g/mol. The highest BCUT2D eigenvalue weighted by molar-refractivity contribution is 7.47. The summed E-state index contributed by atoms with van der Waals surface area (Å²) in [6.07, 6.45) is -15.8. The van der Waals surface area contributed by atoms with E-state index in [9.17, 15) is 78.3 Å². The molecule has 8 rings (SSSR count). The number of nitrogens with one attached hydrogen (secondary N) is 1. The predicted molar refractivity (Wildman–Crippen MR) is 355 cm³/mol. The Morgan fingerprint density at radius 3 is 1.18 bits per heavy atom. The predicted octanol–water partition coefficient (Wildman–Crippen LogP) is -3.77. The number of aliphatic hydroxyl groups excluding tert-OH is 8. The van der Waals surface area contributed by atoms with Crippen molar-refractivity contribution in [2.45, 2.75) is 193 Å². The van der Waals surface area contributed by atoms with Crippen LogP contribution >= 0.6 is 31.3 Å². The van der Waals surface area contributed by atoms with Crippen LogP contribution in [0.4, 0.5) is 17.5 Å². The Balaban J connectivity index is 0.000000354. The maximum atomic E-state index is 12.3. The van der Waals surface area contributed by atoms with Gasteiger partial charge in [-0.15, -0.1) is 0 Å². The Hall–Kier alpha value is -5.40. The minimum absolute atomic E-state index is 0. The summed E-state index contributed by atoms with van der Waals surface area (Å²) < 4.78 is 90.5. The van der Waals surface area contributed by atoms with E-state index in [1.807, 2.05) is 6.92 Å². The summed E-state index contributed by atoms with van der Waals surface area (Å²) in [5, 5.41) is 82.8. The van der Waals surface area contributed by atoms with Gasteiger partial charge in [0.25, 0.3) is 0 Å². The van der Waals surface area contributed by atoms with Gasteiger partial charge in [-0.2, -0.15) is 15.0 Å². The molecule has 8 heterocycles. The van der Waals surface area contributed by atoms with Crippen LogP contribution in [0, 0.1) is 13.8 Å². The van der Waals surface area contributed by atoms with Gasteiger partial charge in [-0.1, -0.05) is 49.1 Å². The van der Waals surface area contributed by atoms with Gasteiger partial charge in [0, 0.05) is 54.0 Å². The summed E-state index contributed by atoms with van der Waals surface area (Å²) in [6, 6.07) is 0. The molecule has 0 aromatic carbocycles. The summed E-state index contributed by atoms with van der Waals surface area (Å²) in [7, 11) is -21.2. The number of aliphatic imine (C=N–C) groups is 1. The number of carbonyl (C=O) groups is 1. The zero-order valence-electron chi connectivity index (χ0n) is 54.7. The summed E-state index contributed by atoms with van der Waals surface area (Å²) in [4.78, 5) is 133. The molecule has 4 fully saturated rings. The maximum absolute atomic E-state index is 12.3. The Kier molecular flexibility index (Phi) is 32.3. The molecule has 50 heteroatoms. The van der Waals surface area contributed by atoms with Gasteiger partial charge in [-0.25, -0.2) is 37.6 Å². The van der Waals surface area contributed by atoms with Gasteiger partial charge in [0.2, 0.25) is 5.91 Å². The van der Waals surface area contributed by atoms with E-state index in [1.165, 1.54) is 30.4 Å². The Bertz CT molecular complexity index is 3730. The number of rotatable bonds is 20. The van der Waals surface area contributed by atoms with Crippen molar-refractivity contribution in [1.82, 2.24) is 38.9 Å². The number of ether oxygens (including phenoxy) is 4. The lowest BCUT2D eigenvalue weighted by molar-refractivity contribution is -0.117. The van der Waals surface area contributed by atoms with E-state index in [-0.39, 0.29) is 55.7 Å². The first-order valence-electron chi connectivity index (χ1n) is 29.4. The first-order valence-corrected chi connectivity index (χ1v) is 38.4. The van der Waals surface area contributed by atoms with E-state index in [1.54, 1.807) is 20.0 Å². The molecule has 0 radical (unpaired) electrons. The van der Waals surface area contributed by atoms with Crippen LogP contribution in [0.5, 0.6) is 0 Å². The summed E-state index contributed by atoms with van der Waals surface area (Å²) >= 11 is 0. The number of nitrogen functional groups attached to an aromatic ring is 3. The molecule has 0 unspecified atom stereocenters. The third-order valence-electron chi connectivity index (χ3n) is 15.7. The number of amidine groups is 1. The number of aromatic nitrogens is 6. The molecule has 23 N–H and O–H groups in total. The molecule has 4 saturated heterocycles. The van der Waals surface area contributed by atoms with Crippen LogP contribution in [0.15, 0.2) is 62.1 Å². The van der Waals surface area contributed by atoms with Gasteiger partial charge in [-0.05, 0) is 38.4 Å². The second kappa shape index (κ2) is 36.3. The maximum Gasteiger partial charge on any atom is 0.469 e. The molecule has 3 aromatic heterocycles. The third-order valence-corrected chi connectivity index (χ3v) is 22.1. The topological polar surface area (TPSA) is 702 Å². The molecule has 5 aliphatic rings. The normalized spacial score (nSPS) is 27.5. The molecule has 102 heavy (non-hydrogen) atoms. The van der Waals surface area contributed by atoms with Crippen molar-refractivity contribution in [3.8, 4) is 0 Å². The summed E-state index contributed by atoms with van der Waals surface area (Å²) in [5.41, 5.74) is 16.4. The quantitative estimate of drug-likeness (QED) is 0.0381. The number of amides is 1. The van der Waals surface area contributed by atoms with Crippen LogP contribution in [0.25, 0.3) is 0 Å².